The first-order valence-corrected chi connectivity index (χ1v) is 5.78. The van der Waals surface area contributed by atoms with E-state index in [9.17, 15) is 18.4 Å². The molecule has 1 heterocycles. The van der Waals surface area contributed by atoms with Crippen molar-refractivity contribution in [2.24, 2.45) is 0 Å². The van der Waals surface area contributed by atoms with Crippen molar-refractivity contribution in [1.82, 2.24) is 5.32 Å². The molecule has 0 saturated heterocycles. The molecule has 0 bridgehead atoms. The minimum Gasteiger partial charge on any atom is -0.475 e. The van der Waals surface area contributed by atoms with Gasteiger partial charge in [-0.15, -0.1) is 0 Å². The molecule has 110 valence electrons. The Balaban J connectivity index is 1.92. The average molecular weight is 296 g/mol. The highest BCUT2D eigenvalue weighted by Gasteiger charge is 2.12. The summed E-state index contributed by atoms with van der Waals surface area (Å²) >= 11 is 0. The number of hydrogen-bond acceptors (Lipinski definition) is 3. The number of benzene rings is 1. The molecule has 0 atom stereocenters. The first kappa shape index (κ1) is 14.5. The summed E-state index contributed by atoms with van der Waals surface area (Å²) in [6, 6.07) is 5.21. The fourth-order valence-corrected chi connectivity index (χ4v) is 1.52. The van der Waals surface area contributed by atoms with Gasteiger partial charge in [0.2, 0.25) is 5.76 Å². The Bertz CT molecular complexity index is 685. The maximum absolute atomic E-state index is 13.3. The zero-order chi connectivity index (χ0) is 15.4. The smallest absolute Gasteiger partial charge is 0.371 e. The van der Waals surface area contributed by atoms with Gasteiger partial charge in [0.15, 0.2) is 11.6 Å². The summed E-state index contributed by atoms with van der Waals surface area (Å²) in [5.74, 6) is -3.53. The molecule has 2 aromatic rings. The molecule has 0 aliphatic heterocycles. The van der Waals surface area contributed by atoms with E-state index in [-0.39, 0.29) is 23.8 Å². The van der Waals surface area contributed by atoms with Gasteiger partial charge in [0.05, 0.1) is 12.2 Å². The van der Waals surface area contributed by atoms with Crippen LogP contribution in [0.5, 0.6) is 0 Å². The highest BCUT2D eigenvalue weighted by molar-refractivity contribution is 5.89. The molecule has 6 nitrogen and oxygen atoms in total. The molecule has 2 rings (SSSR count). The van der Waals surface area contributed by atoms with Gasteiger partial charge in [-0.25, -0.2) is 18.4 Å². The van der Waals surface area contributed by atoms with Crippen LogP contribution in [0.4, 0.5) is 19.3 Å². The molecule has 2 amide bonds. The highest BCUT2D eigenvalue weighted by atomic mass is 19.2. The topological polar surface area (TPSA) is 91.6 Å². The lowest BCUT2D eigenvalue weighted by Gasteiger charge is -2.07. The van der Waals surface area contributed by atoms with Gasteiger partial charge in [0, 0.05) is 0 Å². The van der Waals surface area contributed by atoms with Crippen LogP contribution < -0.4 is 10.6 Å². The van der Waals surface area contributed by atoms with Crippen molar-refractivity contribution in [2.75, 3.05) is 5.32 Å². The van der Waals surface area contributed by atoms with Crippen LogP contribution in [0.2, 0.25) is 0 Å². The van der Waals surface area contributed by atoms with Crippen LogP contribution in [0, 0.1) is 11.6 Å². The predicted octanol–water partition coefficient (Wildman–Crippen LogP) is 2.58. The molecule has 0 unspecified atom stereocenters. The maximum atomic E-state index is 13.3. The van der Waals surface area contributed by atoms with Crippen LogP contribution in [-0.2, 0) is 6.54 Å². The monoisotopic (exact) mass is 296 g/mol. The Morgan fingerprint density at radius 1 is 1.19 bits per heavy atom. The van der Waals surface area contributed by atoms with E-state index in [0.29, 0.717) is 0 Å². The van der Waals surface area contributed by atoms with Crippen LogP contribution in [-0.4, -0.2) is 17.1 Å². The molecule has 8 heteroatoms. The Morgan fingerprint density at radius 3 is 2.62 bits per heavy atom. The van der Waals surface area contributed by atoms with E-state index in [2.05, 4.69) is 10.6 Å². The van der Waals surface area contributed by atoms with Gasteiger partial charge in [-0.05, 0) is 24.3 Å². The van der Waals surface area contributed by atoms with Crippen molar-refractivity contribution >= 4 is 17.7 Å². The molecule has 0 saturated carbocycles. The Kier molecular flexibility index (Phi) is 4.17. The normalized spacial score (nSPS) is 10.2. The first-order chi connectivity index (χ1) is 9.97. The molecule has 21 heavy (non-hydrogen) atoms. The molecule has 3 N–H and O–H groups in total. The quantitative estimate of drug-likeness (QED) is 0.808. The zero-order valence-corrected chi connectivity index (χ0v) is 10.5. The summed E-state index contributed by atoms with van der Waals surface area (Å²) in [6.45, 7) is -0.101. The number of nitrogens with one attached hydrogen (secondary N) is 2. The Labute approximate surface area is 117 Å². The van der Waals surface area contributed by atoms with Crippen LogP contribution in [0.1, 0.15) is 16.3 Å². The number of carboxylic acid groups (broad SMARTS) is 1. The standard InChI is InChI=1S/C13H10F2N2O4/c14-8-2-1-3-9(11(8)15)17-13(20)16-6-7-4-5-10(21-7)12(18)19/h1-5H,6H2,(H,18,19)(H2,16,17,20). The molecule has 0 fully saturated rings. The van der Waals surface area contributed by atoms with Crippen molar-refractivity contribution in [1.29, 1.82) is 0 Å². The van der Waals surface area contributed by atoms with E-state index in [1.165, 1.54) is 24.3 Å². The van der Waals surface area contributed by atoms with Gasteiger partial charge in [-0.1, -0.05) is 6.07 Å². The number of anilines is 1. The van der Waals surface area contributed by atoms with Crippen molar-refractivity contribution in [3.8, 4) is 0 Å². The Morgan fingerprint density at radius 2 is 1.95 bits per heavy atom. The highest BCUT2D eigenvalue weighted by Crippen LogP contribution is 2.16. The third-order valence-corrected chi connectivity index (χ3v) is 2.50. The summed E-state index contributed by atoms with van der Waals surface area (Å²) in [5.41, 5.74) is -0.307. The van der Waals surface area contributed by atoms with Crippen molar-refractivity contribution in [3.05, 3.63) is 53.5 Å². The fraction of sp³-hybridized carbons (Fsp3) is 0.0769. The molecule has 0 spiro atoms. The molecular weight excluding hydrogens is 286 g/mol. The molecule has 1 aromatic heterocycles. The number of carbonyl (C=O) groups excluding carboxylic acids is 1. The van der Waals surface area contributed by atoms with Gasteiger partial charge >= 0.3 is 12.0 Å². The van der Waals surface area contributed by atoms with E-state index in [0.717, 1.165) is 6.07 Å². The Hall–Kier alpha value is -2.90. The number of carboxylic acids is 1. The second-order valence-corrected chi connectivity index (χ2v) is 3.98. The summed E-state index contributed by atoms with van der Waals surface area (Å²) in [6.07, 6.45) is 0. The number of aromatic carboxylic acids is 1. The molecule has 0 radical (unpaired) electrons. The summed E-state index contributed by atoms with van der Waals surface area (Å²) in [7, 11) is 0. The third-order valence-electron chi connectivity index (χ3n) is 2.50. The van der Waals surface area contributed by atoms with Crippen LogP contribution in [0.15, 0.2) is 34.7 Å². The van der Waals surface area contributed by atoms with Crippen molar-refractivity contribution < 1.29 is 27.9 Å². The first-order valence-electron chi connectivity index (χ1n) is 5.78. The van der Waals surface area contributed by atoms with Gasteiger partial charge in [0.25, 0.3) is 0 Å². The lowest BCUT2D eigenvalue weighted by atomic mass is 10.3. The molecule has 0 aliphatic carbocycles. The fourth-order valence-electron chi connectivity index (χ4n) is 1.52. The van der Waals surface area contributed by atoms with Crippen molar-refractivity contribution in [3.63, 3.8) is 0 Å². The SMILES string of the molecule is O=C(NCc1ccc(C(=O)O)o1)Nc1cccc(F)c1F. The number of carbonyl (C=O) groups is 2. The number of amides is 2. The summed E-state index contributed by atoms with van der Waals surface area (Å²) < 4.78 is 31.2. The molecular formula is C13H10F2N2O4. The lowest BCUT2D eigenvalue weighted by Crippen LogP contribution is -2.28. The van der Waals surface area contributed by atoms with Gasteiger partial charge < -0.3 is 20.2 Å². The largest absolute Gasteiger partial charge is 0.475 e. The lowest BCUT2D eigenvalue weighted by molar-refractivity contribution is 0.0660. The number of rotatable bonds is 4. The van der Waals surface area contributed by atoms with E-state index in [1.54, 1.807) is 0 Å². The van der Waals surface area contributed by atoms with Crippen LogP contribution in [0.25, 0.3) is 0 Å². The van der Waals surface area contributed by atoms with E-state index in [1.807, 2.05) is 0 Å². The van der Waals surface area contributed by atoms with Gasteiger partial charge in [-0.3, -0.25) is 0 Å². The summed E-state index contributed by atoms with van der Waals surface area (Å²) in [4.78, 5) is 22.1. The summed E-state index contributed by atoms with van der Waals surface area (Å²) in [5, 5.41) is 13.1. The third kappa shape index (κ3) is 3.56. The van der Waals surface area contributed by atoms with Crippen molar-refractivity contribution in [2.45, 2.75) is 6.54 Å². The molecule has 1 aromatic carbocycles. The minimum atomic E-state index is -1.23. The van der Waals surface area contributed by atoms with E-state index in [4.69, 9.17) is 9.52 Å². The van der Waals surface area contributed by atoms with Gasteiger partial charge in [-0.2, -0.15) is 0 Å². The number of halogens is 2. The predicted molar refractivity (Wildman–Crippen MR) is 67.9 cm³/mol. The number of furan rings is 1. The second-order valence-electron chi connectivity index (χ2n) is 3.98. The average Bonchev–Trinajstić information content (AvgIpc) is 2.91. The van der Waals surface area contributed by atoms with E-state index < -0.39 is 23.6 Å². The second kappa shape index (κ2) is 6.04. The maximum Gasteiger partial charge on any atom is 0.371 e. The van der Waals surface area contributed by atoms with Crippen LogP contribution >= 0.6 is 0 Å². The van der Waals surface area contributed by atoms with Crippen LogP contribution in [0.3, 0.4) is 0 Å². The molecule has 0 aliphatic rings. The zero-order valence-electron chi connectivity index (χ0n) is 10.5. The number of hydrogen-bond donors (Lipinski definition) is 3. The number of urea groups is 1. The minimum absolute atomic E-state index is 0.101. The van der Waals surface area contributed by atoms with Gasteiger partial charge in [0.1, 0.15) is 5.76 Å². The van der Waals surface area contributed by atoms with E-state index >= 15 is 0 Å².